The maximum atomic E-state index is 13.1. The second-order valence-electron chi connectivity index (χ2n) is 4.99. The Balaban J connectivity index is 1.92. The minimum atomic E-state index is -0.307. The number of amides is 1. The normalized spacial score (nSPS) is 19.5. The molecule has 1 aromatic rings. The van der Waals surface area contributed by atoms with Crippen molar-refractivity contribution in [1.82, 2.24) is 4.90 Å². The van der Waals surface area contributed by atoms with Crippen LogP contribution in [0.3, 0.4) is 0 Å². The number of carbonyl (C=O) groups excluding carboxylic acids is 1. The summed E-state index contributed by atoms with van der Waals surface area (Å²) in [7, 11) is 0. The Hall–Kier alpha value is -1.46. The van der Waals surface area contributed by atoms with Crippen molar-refractivity contribution in [3.8, 4) is 0 Å². The van der Waals surface area contributed by atoms with Crippen LogP contribution in [0.1, 0.15) is 18.4 Å². The number of likely N-dealkylation sites (tertiary alicyclic amines) is 1. The van der Waals surface area contributed by atoms with Crippen LogP contribution in [-0.4, -0.2) is 30.5 Å². The van der Waals surface area contributed by atoms with Crippen LogP contribution in [0.4, 0.5) is 4.39 Å². The molecule has 2 rings (SSSR count). The van der Waals surface area contributed by atoms with E-state index >= 15 is 0 Å². The first-order chi connectivity index (χ1) is 9.19. The summed E-state index contributed by atoms with van der Waals surface area (Å²) in [4.78, 5) is 18.6. The van der Waals surface area contributed by atoms with Gasteiger partial charge in [0.15, 0.2) is 0 Å². The standard InChI is InChI=1S/C14H19FN2O2/c15-13-5-1-3-11(7-13)8-14(18)17-6-2-4-12(9-17)10-19-16/h1,3,5,7,12H,2,4,6,8-10,16H2. The fourth-order valence-electron chi connectivity index (χ4n) is 2.50. The third-order valence-corrected chi connectivity index (χ3v) is 3.45. The highest BCUT2D eigenvalue weighted by Gasteiger charge is 2.23. The first-order valence-corrected chi connectivity index (χ1v) is 6.53. The molecule has 1 aliphatic heterocycles. The van der Waals surface area contributed by atoms with Gasteiger partial charge in [-0.05, 0) is 30.5 Å². The molecule has 1 saturated heterocycles. The van der Waals surface area contributed by atoms with Crippen molar-refractivity contribution in [3.63, 3.8) is 0 Å². The van der Waals surface area contributed by atoms with Gasteiger partial charge in [-0.3, -0.25) is 4.79 Å². The number of benzene rings is 1. The number of hydrogen-bond acceptors (Lipinski definition) is 3. The maximum absolute atomic E-state index is 13.1. The third-order valence-electron chi connectivity index (χ3n) is 3.45. The van der Waals surface area contributed by atoms with Crippen LogP contribution in [-0.2, 0) is 16.1 Å². The zero-order valence-electron chi connectivity index (χ0n) is 10.8. The molecule has 0 spiro atoms. The van der Waals surface area contributed by atoms with E-state index in [1.54, 1.807) is 12.1 Å². The van der Waals surface area contributed by atoms with Crippen LogP contribution >= 0.6 is 0 Å². The lowest BCUT2D eigenvalue weighted by Gasteiger charge is -2.32. The van der Waals surface area contributed by atoms with Crippen LogP contribution in [0.5, 0.6) is 0 Å². The van der Waals surface area contributed by atoms with E-state index in [0.717, 1.165) is 19.4 Å². The Morgan fingerprint density at radius 2 is 2.37 bits per heavy atom. The summed E-state index contributed by atoms with van der Waals surface area (Å²) in [5.41, 5.74) is 0.710. The van der Waals surface area contributed by atoms with Crippen LogP contribution in [0.2, 0.25) is 0 Å². The van der Waals surface area contributed by atoms with E-state index < -0.39 is 0 Å². The number of nitrogens with zero attached hydrogens (tertiary/aromatic N) is 1. The molecule has 0 radical (unpaired) electrons. The molecule has 104 valence electrons. The summed E-state index contributed by atoms with van der Waals surface area (Å²) in [6.45, 7) is 1.91. The molecular formula is C14H19FN2O2. The highest BCUT2D eigenvalue weighted by atomic mass is 19.1. The molecule has 5 heteroatoms. The van der Waals surface area contributed by atoms with Gasteiger partial charge in [-0.1, -0.05) is 12.1 Å². The van der Waals surface area contributed by atoms with Crippen molar-refractivity contribution in [2.24, 2.45) is 11.8 Å². The molecule has 0 saturated carbocycles. The van der Waals surface area contributed by atoms with Gasteiger partial charge < -0.3 is 9.74 Å². The third kappa shape index (κ3) is 4.01. The largest absolute Gasteiger partial charge is 0.342 e. The van der Waals surface area contributed by atoms with Gasteiger partial charge in [0.25, 0.3) is 0 Å². The molecule has 1 amide bonds. The number of piperidine rings is 1. The molecule has 1 unspecified atom stereocenters. The summed E-state index contributed by atoms with van der Waals surface area (Å²) < 4.78 is 13.1. The number of carbonyl (C=O) groups is 1. The molecule has 0 aromatic heterocycles. The number of halogens is 1. The smallest absolute Gasteiger partial charge is 0.227 e. The Morgan fingerprint density at radius 1 is 1.53 bits per heavy atom. The van der Waals surface area contributed by atoms with E-state index in [1.807, 2.05) is 4.90 Å². The number of nitrogens with two attached hydrogens (primary N) is 1. The van der Waals surface area contributed by atoms with Gasteiger partial charge in [-0.25, -0.2) is 10.3 Å². The van der Waals surface area contributed by atoms with Gasteiger partial charge >= 0.3 is 0 Å². The predicted molar refractivity (Wildman–Crippen MR) is 69.5 cm³/mol. The number of hydrogen-bond donors (Lipinski definition) is 1. The van der Waals surface area contributed by atoms with Gasteiger partial charge in [0.1, 0.15) is 5.82 Å². The van der Waals surface area contributed by atoms with E-state index in [-0.39, 0.29) is 18.1 Å². The lowest BCUT2D eigenvalue weighted by molar-refractivity contribution is -0.132. The fraction of sp³-hybridized carbons (Fsp3) is 0.500. The molecule has 1 fully saturated rings. The monoisotopic (exact) mass is 266 g/mol. The molecular weight excluding hydrogens is 247 g/mol. The topological polar surface area (TPSA) is 55.6 Å². The Labute approximate surface area is 112 Å². The second kappa shape index (κ2) is 6.63. The zero-order valence-corrected chi connectivity index (χ0v) is 10.8. The second-order valence-corrected chi connectivity index (χ2v) is 4.99. The Morgan fingerprint density at radius 3 is 3.11 bits per heavy atom. The Kier molecular flexibility index (Phi) is 4.87. The lowest BCUT2D eigenvalue weighted by atomic mass is 9.98. The zero-order chi connectivity index (χ0) is 13.7. The van der Waals surface area contributed by atoms with Crippen molar-refractivity contribution in [2.75, 3.05) is 19.7 Å². The molecule has 0 aliphatic carbocycles. The molecule has 2 N–H and O–H groups in total. The van der Waals surface area contributed by atoms with Crippen molar-refractivity contribution < 1.29 is 14.0 Å². The SMILES string of the molecule is NOCC1CCCN(C(=O)Cc2cccc(F)c2)C1. The van der Waals surface area contributed by atoms with Crippen molar-refractivity contribution in [3.05, 3.63) is 35.6 Å². The van der Waals surface area contributed by atoms with Gasteiger partial charge in [0, 0.05) is 19.0 Å². The number of rotatable bonds is 4. The van der Waals surface area contributed by atoms with Crippen LogP contribution < -0.4 is 5.90 Å². The van der Waals surface area contributed by atoms with Crippen LogP contribution in [0.25, 0.3) is 0 Å². The summed E-state index contributed by atoms with van der Waals surface area (Å²) >= 11 is 0. The van der Waals surface area contributed by atoms with Crippen molar-refractivity contribution >= 4 is 5.91 Å². The van der Waals surface area contributed by atoms with E-state index in [0.29, 0.717) is 24.6 Å². The maximum Gasteiger partial charge on any atom is 0.227 e. The average Bonchev–Trinajstić information content (AvgIpc) is 2.39. The van der Waals surface area contributed by atoms with Crippen LogP contribution in [0, 0.1) is 11.7 Å². The fourth-order valence-corrected chi connectivity index (χ4v) is 2.50. The summed E-state index contributed by atoms with van der Waals surface area (Å²) in [6, 6.07) is 6.18. The molecule has 0 bridgehead atoms. The first kappa shape index (κ1) is 14.0. The molecule has 1 aromatic carbocycles. The van der Waals surface area contributed by atoms with E-state index in [4.69, 9.17) is 5.90 Å². The highest BCUT2D eigenvalue weighted by molar-refractivity contribution is 5.78. The van der Waals surface area contributed by atoms with Crippen LogP contribution in [0.15, 0.2) is 24.3 Å². The predicted octanol–water partition coefficient (Wildman–Crippen LogP) is 1.50. The van der Waals surface area contributed by atoms with Gasteiger partial charge in [-0.2, -0.15) is 0 Å². The first-order valence-electron chi connectivity index (χ1n) is 6.53. The highest BCUT2D eigenvalue weighted by Crippen LogP contribution is 2.17. The average molecular weight is 266 g/mol. The van der Waals surface area contributed by atoms with Gasteiger partial charge in [-0.15, -0.1) is 0 Å². The molecule has 1 aliphatic rings. The molecule has 19 heavy (non-hydrogen) atoms. The molecule has 1 heterocycles. The van der Waals surface area contributed by atoms with Crippen molar-refractivity contribution in [1.29, 1.82) is 0 Å². The minimum absolute atomic E-state index is 0.0346. The summed E-state index contributed by atoms with van der Waals surface area (Å²) in [5.74, 6) is 5.10. The lowest BCUT2D eigenvalue weighted by Crippen LogP contribution is -2.42. The summed E-state index contributed by atoms with van der Waals surface area (Å²) in [6.07, 6.45) is 2.23. The quantitative estimate of drug-likeness (QED) is 0.840. The summed E-state index contributed by atoms with van der Waals surface area (Å²) in [5, 5.41) is 0. The Bertz CT molecular complexity index is 437. The van der Waals surface area contributed by atoms with E-state index in [9.17, 15) is 9.18 Å². The van der Waals surface area contributed by atoms with Gasteiger partial charge in [0.2, 0.25) is 5.91 Å². The van der Waals surface area contributed by atoms with E-state index in [2.05, 4.69) is 4.84 Å². The van der Waals surface area contributed by atoms with E-state index in [1.165, 1.54) is 12.1 Å². The molecule has 1 atom stereocenters. The minimum Gasteiger partial charge on any atom is -0.342 e. The molecule has 4 nitrogen and oxygen atoms in total. The van der Waals surface area contributed by atoms with Crippen molar-refractivity contribution in [2.45, 2.75) is 19.3 Å². The van der Waals surface area contributed by atoms with Gasteiger partial charge in [0.05, 0.1) is 13.0 Å².